The molecular formula is C11H11NO. The fraction of sp³-hybridized carbons (Fsp3) is 0.182. The van der Waals surface area contributed by atoms with Crippen LogP contribution in [-0.4, -0.2) is 10.1 Å². The molecule has 0 fully saturated rings. The molecule has 1 aromatic carbocycles. The van der Waals surface area contributed by atoms with Gasteiger partial charge in [-0.2, -0.15) is 0 Å². The molecule has 0 spiro atoms. The molecule has 0 amide bonds. The summed E-state index contributed by atoms with van der Waals surface area (Å²) in [6, 6.07) is 7.34. The summed E-state index contributed by atoms with van der Waals surface area (Å²) in [7, 11) is 0. The maximum absolute atomic E-state index is 9.22. The lowest BCUT2D eigenvalue weighted by Gasteiger charge is -2.00. The van der Waals surface area contributed by atoms with Gasteiger partial charge in [-0.05, 0) is 30.2 Å². The van der Waals surface area contributed by atoms with Gasteiger partial charge in [-0.3, -0.25) is 4.98 Å². The molecule has 0 bridgehead atoms. The maximum atomic E-state index is 9.22. The van der Waals surface area contributed by atoms with E-state index in [9.17, 15) is 5.11 Å². The summed E-state index contributed by atoms with van der Waals surface area (Å²) in [5.41, 5.74) is 2.07. The Labute approximate surface area is 76.9 Å². The maximum Gasteiger partial charge on any atom is 0.117 e. The third-order valence-corrected chi connectivity index (χ3v) is 2.13. The Morgan fingerprint density at radius 2 is 2.15 bits per heavy atom. The molecule has 1 heterocycles. The molecule has 0 saturated heterocycles. The predicted molar refractivity (Wildman–Crippen MR) is 52.8 cm³/mol. The zero-order chi connectivity index (χ0) is 9.26. The monoisotopic (exact) mass is 173 g/mol. The molecule has 2 nitrogen and oxygen atoms in total. The van der Waals surface area contributed by atoms with E-state index in [-0.39, 0.29) is 5.75 Å². The highest BCUT2D eigenvalue weighted by atomic mass is 16.3. The molecule has 0 aliphatic rings. The molecule has 2 aromatic rings. The minimum Gasteiger partial charge on any atom is -0.508 e. The third-order valence-electron chi connectivity index (χ3n) is 2.13. The Kier molecular flexibility index (Phi) is 1.89. The average molecular weight is 173 g/mol. The van der Waals surface area contributed by atoms with Crippen molar-refractivity contribution in [3.63, 3.8) is 0 Å². The summed E-state index contributed by atoms with van der Waals surface area (Å²) in [4.78, 5) is 4.25. The van der Waals surface area contributed by atoms with Crippen molar-refractivity contribution in [1.82, 2.24) is 4.98 Å². The van der Waals surface area contributed by atoms with Crippen molar-refractivity contribution >= 4 is 10.9 Å². The van der Waals surface area contributed by atoms with Gasteiger partial charge in [0.2, 0.25) is 0 Å². The molecule has 0 saturated carbocycles. The number of fused-ring (bicyclic) bond motifs is 1. The lowest BCUT2D eigenvalue weighted by molar-refractivity contribution is 0.476. The Hall–Kier alpha value is -1.57. The SMILES string of the molecule is CCc1cnc2cc(O)ccc2c1. The first kappa shape index (κ1) is 8.05. The van der Waals surface area contributed by atoms with E-state index in [0.717, 1.165) is 17.3 Å². The molecule has 0 aliphatic heterocycles. The van der Waals surface area contributed by atoms with Gasteiger partial charge in [-0.15, -0.1) is 0 Å². The van der Waals surface area contributed by atoms with Gasteiger partial charge in [0.15, 0.2) is 0 Å². The van der Waals surface area contributed by atoms with Crippen molar-refractivity contribution in [3.8, 4) is 5.75 Å². The minimum atomic E-state index is 0.268. The van der Waals surface area contributed by atoms with Gasteiger partial charge in [-0.25, -0.2) is 0 Å². The summed E-state index contributed by atoms with van der Waals surface area (Å²) in [5, 5.41) is 10.3. The van der Waals surface area contributed by atoms with E-state index >= 15 is 0 Å². The molecule has 1 N–H and O–H groups in total. The number of nitrogens with zero attached hydrogens (tertiary/aromatic N) is 1. The van der Waals surface area contributed by atoms with Crippen molar-refractivity contribution < 1.29 is 5.11 Å². The molecule has 2 rings (SSSR count). The molecule has 13 heavy (non-hydrogen) atoms. The predicted octanol–water partition coefficient (Wildman–Crippen LogP) is 2.50. The number of hydrogen-bond donors (Lipinski definition) is 1. The zero-order valence-corrected chi connectivity index (χ0v) is 7.49. The van der Waals surface area contributed by atoms with E-state index in [1.54, 1.807) is 12.1 Å². The van der Waals surface area contributed by atoms with E-state index in [0.29, 0.717) is 0 Å². The Morgan fingerprint density at radius 1 is 1.31 bits per heavy atom. The van der Waals surface area contributed by atoms with Crippen LogP contribution in [0.3, 0.4) is 0 Å². The molecule has 1 aromatic heterocycles. The van der Waals surface area contributed by atoms with Crippen LogP contribution < -0.4 is 0 Å². The molecule has 0 atom stereocenters. The Morgan fingerprint density at radius 3 is 2.92 bits per heavy atom. The van der Waals surface area contributed by atoms with Gasteiger partial charge < -0.3 is 5.11 Å². The summed E-state index contributed by atoms with van der Waals surface area (Å²) < 4.78 is 0. The first-order valence-corrected chi connectivity index (χ1v) is 4.37. The van der Waals surface area contributed by atoms with Crippen molar-refractivity contribution in [2.24, 2.45) is 0 Å². The lowest BCUT2D eigenvalue weighted by atomic mass is 10.1. The fourth-order valence-electron chi connectivity index (χ4n) is 1.35. The highest BCUT2D eigenvalue weighted by Crippen LogP contribution is 2.18. The van der Waals surface area contributed by atoms with Crippen molar-refractivity contribution in [1.29, 1.82) is 0 Å². The molecule has 0 radical (unpaired) electrons. The summed E-state index contributed by atoms with van der Waals surface area (Å²) in [6.07, 6.45) is 2.84. The van der Waals surface area contributed by atoms with Gasteiger partial charge in [0.1, 0.15) is 5.75 Å². The van der Waals surface area contributed by atoms with Crippen molar-refractivity contribution in [2.75, 3.05) is 0 Å². The van der Waals surface area contributed by atoms with Crippen LogP contribution in [0, 0.1) is 0 Å². The van der Waals surface area contributed by atoms with Crippen molar-refractivity contribution in [2.45, 2.75) is 13.3 Å². The van der Waals surface area contributed by atoms with E-state index in [1.165, 1.54) is 5.56 Å². The van der Waals surface area contributed by atoms with Crippen LogP contribution in [0.1, 0.15) is 12.5 Å². The van der Waals surface area contributed by atoms with Crippen LogP contribution in [0.5, 0.6) is 5.75 Å². The number of aromatic hydroxyl groups is 1. The fourth-order valence-corrected chi connectivity index (χ4v) is 1.35. The number of benzene rings is 1. The second-order valence-corrected chi connectivity index (χ2v) is 3.07. The highest BCUT2D eigenvalue weighted by Gasteiger charge is 1.97. The molecule has 2 heteroatoms. The van der Waals surface area contributed by atoms with Gasteiger partial charge in [0.25, 0.3) is 0 Å². The number of phenolic OH excluding ortho intramolecular Hbond substituents is 1. The van der Waals surface area contributed by atoms with Crippen LogP contribution in [0.4, 0.5) is 0 Å². The topological polar surface area (TPSA) is 33.1 Å². The van der Waals surface area contributed by atoms with E-state index < -0.39 is 0 Å². The quantitative estimate of drug-likeness (QED) is 0.718. The van der Waals surface area contributed by atoms with Crippen LogP contribution in [-0.2, 0) is 6.42 Å². The van der Waals surface area contributed by atoms with Crippen LogP contribution >= 0.6 is 0 Å². The Bertz CT molecular complexity index is 437. The van der Waals surface area contributed by atoms with Crippen LogP contribution in [0.15, 0.2) is 30.5 Å². The van der Waals surface area contributed by atoms with Crippen molar-refractivity contribution in [3.05, 3.63) is 36.0 Å². The van der Waals surface area contributed by atoms with E-state index in [2.05, 4.69) is 18.0 Å². The number of hydrogen-bond acceptors (Lipinski definition) is 2. The number of aryl methyl sites for hydroxylation is 1. The van der Waals surface area contributed by atoms with Crippen LogP contribution in [0.25, 0.3) is 10.9 Å². The number of aromatic nitrogens is 1. The third kappa shape index (κ3) is 1.47. The molecule has 66 valence electrons. The average Bonchev–Trinajstić information content (AvgIpc) is 2.17. The summed E-state index contributed by atoms with van der Waals surface area (Å²) in [6.45, 7) is 2.10. The standard InChI is InChI=1S/C11H11NO/c1-2-8-5-9-3-4-10(13)6-11(9)12-7-8/h3-7,13H,2H2,1H3. The number of phenols is 1. The first-order valence-electron chi connectivity index (χ1n) is 4.37. The van der Waals surface area contributed by atoms with E-state index in [4.69, 9.17) is 0 Å². The smallest absolute Gasteiger partial charge is 0.117 e. The number of pyridine rings is 1. The highest BCUT2D eigenvalue weighted by molar-refractivity contribution is 5.80. The minimum absolute atomic E-state index is 0.268. The number of rotatable bonds is 1. The first-order chi connectivity index (χ1) is 6.29. The Balaban J connectivity index is 2.66. The van der Waals surface area contributed by atoms with Gasteiger partial charge >= 0.3 is 0 Å². The normalized spacial score (nSPS) is 10.5. The van der Waals surface area contributed by atoms with E-state index in [1.807, 2.05) is 12.3 Å². The molecule has 0 unspecified atom stereocenters. The summed E-state index contributed by atoms with van der Waals surface area (Å²) in [5.74, 6) is 0.268. The van der Waals surface area contributed by atoms with Gasteiger partial charge in [-0.1, -0.05) is 6.92 Å². The van der Waals surface area contributed by atoms with Gasteiger partial charge in [0, 0.05) is 17.6 Å². The largest absolute Gasteiger partial charge is 0.508 e. The summed E-state index contributed by atoms with van der Waals surface area (Å²) >= 11 is 0. The lowest BCUT2D eigenvalue weighted by Crippen LogP contribution is -1.84. The second-order valence-electron chi connectivity index (χ2n) is 3.07. The molecular weight excluding hydrogens is 162 g/mol. The van der Waals surface area contributed by atoms with Gasteiger partial charge in [0.05, 0.1) is 5.52 Å². The van der Waals surface area contributed by atoms with Crippen LogP contribution in [0.2, 0.25) is 0 Å². The zero-order valence-electron chi connectivity index (χ0n) is 7.49. The second kappa shape index (κ2) is 3.05. The molecule has 0 aliphatic carbocycles.